The van der Waals surface area contributed by atoms with Gasteiger partial charge in [-0.3, -0.25) is 24.1 Å². The Morgan fingerprint density at radius 1 is 1.14 bits per heavy atom. The van der Waals surface area contributed by atoms with Crippen molar-refractivity contribution in [3.8, 4) is 0 Å². The number of hydroxylamine groups is 2. The van der Waals surface area contributed by atoms with E-state index in [1.54, 1.807) is 0 Å². The van der Waals surface area contributed by atoms with Crippen LogP contribution in [0.25, 0.3) is 0 Å². The molecule has 1 atom stereocenters. The van der Waals surface area contributed by atoms with Gasteiger partial charge < -0.3 is 15.5 Å². The lowest BCUT2D eigenvalue weighted by Crippen LogP contribution is -2.45. The van der Waals surface area contributed by atoms with E-state index in [-0.39, 0.29) is 44.7 Å². The van der Waals surface area contributed by atoms with Gasteiger partial charge >= 0.3 is 5.97 Å². The van der Waals surface area contributed by atoms with Crippen LogP contribution < -0.4 is 10.6 Å². The zero-order valence-electron chi connectivity index (χ0n) is 18.0. The molecule has 2 fully saturated rings. The normalized spacial score (nSPS) is 22.7. The van der Waals surface area contributed by atoms with Crippen molar-refractivity contribution in [1.82, 2.24) is 20.6 Å². The molecule has 0 spiro atoms. The molecule has 2 rings (SSSR count). The van der Waals surface area contributed by atoms with E-state index in [0.717, 1.165) is 6.42 Å². The number of carbonyl (C=O) groups excluding carboxylic acids is 5. The molecule has 2 N–H and O–H groups in total. The maximum atomic E-state index is 12.5. The third kappa shape index (κ3) is 7.12. The zero-order valence-corrected chi connectivity index (χ0v) is 17.0. The molecular formula is C19H30N4O6. The van der Waals surface area contributed by atoms with E-state index >= 15 is 0 Å². The van der Waals surface area contributed by atoms with Gasteiger partial charge in [-0.15, -0.1) is 5.06 Å². The van der Waals surface area contributed by atoms with E-state index in [0.29, 0.717) is 30.5 Å². The summed E-state index contributed by atoms with van der Waals surface area (Å²) in [7, 11) is 0. The highest BCUT2D eigenvalue weighted by Gasteiger charge is 2.33. The number of amides is 4. The lowest BCUT2D eigenvalue weighted by Gasteiger charge is -2.25. The van der Waals surface area contributed by atoms with Gasteiger partial charge in [0.2, 0.25) is 11.8 Å². The van der Waals surface area contributed by atoms with E-state index in [4.69, 9.17) is 6.21 Å². The van der Waals surface area contributed by atoms with Crippen molar-refractivity contribution in [2.45, 2.75) is 58.4 Å². The van der Waals surface area contributed by atoms with Crippen LogP contribution in [0.2, 0.25) is 0 Å². The highest BCUT2D eigenvalue weighted by atomic mass is 16.7. The van der Waals surface area contributed by atoms with Crippen molar-refractivity contribution in [2.75, 3.05) is 26.2 Å². The van der Waals surface area contributed by atoms with Gasteiger partial charge in [0.05, 0.1) is 13.8 Å². The van der Waals surface area contributed by atoms with E-state index in [1.807, 2.05) is 18.7 Å². The van der Waals surface area contributed by atoms with Gasteiger partial charge in [0.25, 0.3) is 11.8 Å². The molecule has 1 unspecified atom stereocenters. The minimum Gasteiger partial charge on any atom is -0.355 e. The van der Waals surface area contributed by atoms with Crippen LogP contribution in [0.3, 0.4) is 0 Å². The number of carbonyl (C=O) groups is 5. The van der Waals surface area contributed by atoms with Crippen molar-refractivity contribution in [2.24, 2.45) is 5.92 Å². The molecule has 2 heterocycles. The first-order valence-electron chi connectivity index (χ1n) is 10.5. The summed E-state index contributed by atoms with van der Waals surface area (Å²) in [4.78, 5) is 65.3. The zero-order chi connectivity index (χ0) is 22.3. The summed E-state index contributed by atoms with van der Waals surface area (Å²) in [6, 6.07) is -1.30. The lowest BCUT2D eigenvalue weighted by atomic mass is 10.2. The van der Waals surface area contributed by atoms with Crippen LogP contribution >= 0.6 is 0 Å². The fraction of sp³-hybridized carbons (Fsp3) is 0.737. The Morgan fingerprint density at radius 2 is 1.79 bits per heavy atom. The first-order valence-corrected chi connectivity index (χ1v) is 10.00. The van der Waals surface area contributed by atoms with Crippen LogP contribution in [0.4, 0.5) is 0 Å². The summed E-state index contributed by atoms with van der Waals surface area (Å²) in [5, 5.41) is 5.63. The van der Waals surface area contributed by atoms with Crippen molar-refractivity contribution in [1.29, 1.82) is 0 Å². The highest BCUT2D eigenvalue weighted by Crippen LogP contribution is 2.18. The smallest absolute Gasteiger partial charge is 0.334 e. The predicted molar refractivity (Wildman–Crippen MR) is 102 cm³/mol. The van der Waals surface area contributed by atoms with Crippen LogP contribution in [0, 0.1) is 5.92 Å². The Bertz CT molecular complexity index is 685. The number of nitrogens with zero attached hydrogens (tertiary/aromatic N) is 2. The van der Waals surface area contributed by atoms with Gasteiger partial charge in [0.15, 0.2) is 0 Å². The number of imide groups is 1. The number of rotatable bonds is 10. The van der Waals surface area contributed by atoms with Crippen molar-refractivity contribution >= 4 is 29.6 Å². The maximum Gasteiger partial charge on any atom is 0.334 e. The van der Waals surface area contributed by atoms with Crippen LogP contribution in [-0.2, 0) is 28.8 Å². The molecule has 2 aliphatic heterocycles. The second-order valence-corrected chi connectivity index (χ2v) is 7.54. The van der Waals surface area contributed by atoms with Crippen LogP contribution in [0.1, 0.15) is 53.7 Å². The molecule has 10 heteroatoms. The topological polar surface area (TPSA) is 125 Å². The molecule has 0 aromatic rings. The summed E-state index contributed by atoms with van der Waals surface area (Å²) in [6.45, 7) is 5.52. The molecular weight excluding hydrogens is 386 g/mol. The van der Waals surface area contributed by atoms with Crippen molar-refractivity contribution in [3.05, 3.63) is 0 Å². The van der Waals surface area contributed by atoms with Crippen LogP contribution in [0.5, 0.6) is 0 Å². The molecule has 0 aliphatic carbocycles. The molecule has 162 valence electrons. The van der Waals surface area contributed by atoms with Gasteiger partial charge in [-0.05, 0) is 25.3 Å². The monoisotopic (exact) mass is 417 g/mol. The quantitative estimate of drug-likeness (QED) is 0.285. The molecule has 2 saturated heterocycles. The maximum absolute atomic E-state index is 12.5. The molecule has 0 saturated carbocycles. The predicted octanol–water partition coefficient (Wildman–Crippen LogP) is -0.273. The van der Waals surface area contributed by atoms with Crippen LogP contribution in [0.15, 0.2) is 0 Å². The van der Waals surface area contributed by atoms with Crippen LogP contribution in [-0.4, -0.2) is 71.8 Å². The SMILES string of the molecule is [2H]C1(C(=O)[15NH]CC[13C](=O)[15NH]CCC(=O)ON2C(=O)CCC2=O)CCCN1C[13CH]([13CH3])[13CH3]. The number of likely N-dealkylation sites (tertiary alicyclic amines) is 1. The molecule has 10 nitrogen and oxygen atoms in total. The third-order valence-electron chi connectivity index (χ3n) is 4.56. The molecule has 29 heavy (non-hydrogen) atoms. The highest BCUT2D eigenvalue weighted by molar-refractivity contribution is 6.01. The summed E-state index contributed by atoms with van der Waals surface area (Å²) < 4.78 is 8.51. The Kier molecular flexibility index (Phi) is 7.97. The third-order valence-corrected chi connectivity index (χ3v) is 4.56. The number of hydrogen-bond acceptors (Lipinski definition) is 7. The van der Waals surface area contributed by atoms with Gasteiger partial charge in [-0.25, -0.2) is 4.79 Å². The van der Waals surface area contributed by atoms with E-state index in [2.05, 4.69) is 10.6 Å². The lowest BCUT2D eigenvalue weighted by molar-refractivity contribution is -0.197. The molecule has 2 aliphatic rings. The number of nitrogens with one attached hydrogen (secondary N) is 2. The summed E-state index contributed by atoms with van der Waals surface area (Å²) >= 11 is 0. The first kappa shape index (κ1) is 21.2. The minimum absolute atomic E-state index is 0.00411. The van der Waals surface area contributed by atoms with Crippen molar-refractivity contribution < 1.29 is 30.2 Å². The van der Waals surface area contributed by atoms with E-state index in [9.17, 15) is 24.0 Å². The Labute approximate surface area is 171 Å². The standard InChI is InChI=1S/C19H30N4O6/c1-13(2)12-22-11-3-4-14(22)19(28)21-9-7-15(24)20-10-8-18(27)29-23-16(25)5-6-17(23)26/h13-14H,3-12H2,1-2H3,(H,20,24)(H,21,28)/i1+1,2+1,13+1,14D,15+1,20+1,21+1. The average Bonchev–Trinajstić information content (AvgIpc) is 3.19. The number of hydrogen-bond donors (Lipinski definition) is 2. The van der Waals surface area contributed by atoms with Gasteiger partial charge in [-0.2, -0.15) is 0 Å². The largest absolute Gasteiger partial charge is 0.355 e. The summed E-state index contributed by atoms with van der Waals surface area (Å²) in [6.07, 6.45) is 1.09. The molecule has 0 bridgehead atoms. The van der Waals surface area contributed by atoms with E-state index < -0.39 is 29.7 Å². The fourth-order valence-corrected chi connectivity index (χ4v) is 3.22. The van der Waals surface area contributed by atoms with Gasteiger partial charge in [-0.1, -0.05) is 13.8 Å². The molecule has 0 aromatic heterocycles. The Hall–Kier alpha value is -2.49. The second-order valence-electron chi connectivity index (χ2n) is 7.54. The summed E-state index contributed by atoms with van der Waals surface area (Å²) in [5.41, 5.74) is 0. The first-order chi connectivity index (χ1) is 14.1. The Morgan fingerprint density at radius 3 is 2.45 bits per heavy atom. The summed E-state index contributed by atoms with van der Waals surface area (Å²) in [5.74, 6) is -2.35. The molecule has 0 aromatic carbocycles. The fourth-order valence-electron chi connectivity index (χ4n) is 3.22. The molecule has 4 amide bonds. The van der Waals surface area contributed by atoms with Gasteiger partial charge in [0.1, 0.15) is 0 Å². The molecule has 0 radical (unpaired) electrons. The van der Waals surface area contributed by atoms with Gasteiger partial charge in [0, 0.05) is 38.9 Å². The second kappa shape index (κ2) is 10.9. The minimum atomic E-state index is -1.30. The van der Waals surface area contributed by atoms with Crippen molar-refractivity contribution in [3.63, 3.8) is 0 Å². The average molecular weight is 417 g/mol. The van der Waals surface area contributed by atoms with E-state index in [1.165, 1.54) is 0 Å². The Balaban J connectivity index is 1.64.